The van der Waals surface area contributed by atoms with Crippen LogP contribution in [0.3, 0.4) is 0 Å². The molecular weight excluding hydrogens is 339 g/mol. The van der Waals surface area contributed by atoms with E-state index < -0.39 is 17.9 Å². The molecule has 0 unspecified atom stereocenters. The molecule has 1 saturated heterocycles. The smallest absolute Gasteiger partial charge is 0.385 e. The molecule has 140 valence electrons. The van der Waals surface area contributed by atoms with Gasteiger partial charge in [0.1, 0.15) is 11.4 Å². The quantitative estimate of drug-likeness (QED) is 0.746. The van der Waals surface area contributed by atoms with Crippen LogP contribution in [-0.4, -0.2) is 60.2 Å². The lowest BCUT2D eigenvalue weighted by Gasteiger charge is -2.30. The molecule has 10 heteroatoms. The van der Waals surface area contributed by atoms with Crippen molar-refractivity contribution in [2.45, 2.75) is 31.5 Å². The average molecular weight is 361 g/mol. The zero-order valence-corrected chi connectivity index (χ0v) is 14.0. The Balaban J connectivity index is 2.20. The predicted molar refractivity (Wildman–Crippen MR) is 85.1 cm³/mol. The highest BCUT2D eigenvalue weighted by atomic mass is 19.4. The summed E-state index contributed by atoms with van der Waals surface area (Å²) in [6, 6.07) is 0.0412. The molecule has 2 rings (SSSR count). The van der Waals surface area contributed by atoms with E-state index >= 15 is 0 Å². The van der Waals surface area contributed by atoms with Crippen molar-refractivity contribution in [1.29, 1.82) is 0 Å². The van der Waals surface area contributed by atoms with E-state index in [2.05, 4.69) is 15.3 Å². The average Bonchev–Trinajstić information content (AvgIpc) is 2.58. The highest BCUT2D eigenvalue weighted by Crippen LogP contribution is 2.28. The Labute approximate surface area is 143 Å². The standard InChI is InChI=1S/C15H22F3N5O2/c1-25-8-2-5-20-12-11(9-21-14(22-12)15(16,17)18)13(24)23-6-3-10(19)4-7-23/h9-10H,2-8,19H2,1H3,(H,20,21,22). The Kier molecular flexibility index (Phi) is 6.54. The fourth-order valence-electron chi connectivity index (χ4n) is 2.51. The molecule has 7 nitrogen and oxygen atoms in total. The van der Waals surface area contributed by atoms with Gasteiger partial charge in [0.05, 0.1) is 0 Å². The van der Waals surface area contributed by atoms with Crippen LogP contribution in [0.1, 0.15) is 35.4 Å². The first-order chi connectivity index (χ1) is 11.8. The van der Waals surface area contributed by atoms with Gasteiger partial charge in [0.15, 0.2) is 0 Å². The number of nitrogens with two attached hydrogens (primary N) is 1. The molecule has 0 bridgehead atoms. The number of hydrogen-bond donors (Lipinski definition) is 2. The SMILES string of the molecule is COCCCNc1nc(C(F)(F)F)ncc1C(=O)N1CCC(N)CC1. The van der Waals surface area contributed by atoms with Crippen molar-refractivity contribution >= 4 is 11.7 Å². The molecule has 0 saturated carbocycles. The summed E-state index contributed by atoms with van der Waals surface area (Å²) in [7, 11) is 1.53. The van der Waals surface area contributed by atoms with Gasteiger partial charge in [-0.2, -0.15) is 13.2 Å². The van der Waals surface area contributed by atoms with Crippen LogP contribution in [0.2, 0.25) is 0 Å². The number of methoxy groups -OCH3 is 1. The van der Waals surface area contributed by atoms with E-state index in [0.717, 1.165) is 6.20 Å². The van der Waals surface area contributed by atoms with Crippen LogP contribution in [0.5, 0.6) is 0 Å². The minimum Gasteiger partial charge on any atom is -0.385 e. The summed E-state index contributed by atoms with van der Waals surface area (Å²) in [5, 5.41) is 2.79. The van der Waals surface area contributed by atoms with E-state index in [1.807, 2.05) is 0 Å². The van der Waals surface area contributed by atoms with Gasteiger partial charge in [-0.25, -0.2) is 9.97 Å². The number of ether oxygens (including phenoxy) is 1. The van der Waals surface area contributed by atoms with Gasteiger partial charge >= 0.3 is 6.18 Å². The molecule has 1 aromatic heterocycles. The molecule has 0 atom stereocenters. The minimum atomic E-state index is -4.68. The van der Waals surface area contributed by atoms with Crippen molar-refractivity contribution in [3.63, 3.8) is 0 Å². The van der Waals surface area contributed by atoms with Crippen LogP contribution in [0.4, 0.5) is 19.0 Å². The third-order valence-electron chi connectivity index (χ3n) is 3.92. The topological polar surface area (TPSA) is 93.4 Å². The Morgan fingerprint density at radius 3 is 2.72 bits per heavy atom. The van der Waals surface area contributed by atoms with Crippen LogP contribution < -0.4 is 11.1 Å². The van der Waals surface area contributed by atoms with Crippen molar-refractivity contribution in [2.24, 2.45) is 5.73 Å². The second kappa shape index (κ2) is 8.43. The first-order valence-corrected chi connectivity index (χ1v) is 8.05. The van der Waals surface area contributed by atoms with E-state index in [1.54, 1.807) is 4.90 Å². The maximum absolute atomic E-state index is 12.9. The molecule has 0 aliphatic carbocycles. The minimum absolute atomic E-state index is 0.0286. The Bertz CT molecular complexity index is 589. The molecule has 1 aromatic rings. The lowest BCUT2D eigenvalue weighted by molar-refractivity contribution is -0.144. The Morgan fingerprint density at radius 2 is 2.12 bits per heavy atom. The van der Waals surface area contributed by atoms with Crippen molar-refractivity contribution < 1.29 is 22.7 Å². The molecule has 0 aromatic carbocycles. The normalized spacial score (nSPS) is 16.1. The van der Waals surface area contributed by atoms with E-state index in [0.29, 0.717) is 45.5 Å². The monoisotopic (exact) mass is 361 g/mol. The number of rotatable bonds is 6. The molecule has 1 fully saturated rings. The number of carbonyl (C=O) groups is 1. The van der Waals surface area contributed by atoms with Crippen molar-refractivity contribution in [3.8, 4) is 0 Å². The van der Waals surface area contributed by atoms with E-state index in [4.69, 9.17) is 10.5 Å². The number of alkyl halides is 3. The number of anilines is 1. The fourth-order valence-corrected chi connectivity index (χ4v) is 2.51. The molecule has 0 radical (unpaired) electrons. The van der Waals surface area contributed by atoms with Gasteiger partial charge in [-0.05, 0) is 19.3 Å². The second-order valence-corrected chi connectivity index (χ2v) is 5.86. The van der Waals surface area contributed by atoms with Gasteiger partial charge in [0.2, 0.25) is 5.82 Å². The van der Waals surface area contributed by atoms with Crippen molar-refractivity contribution in [3.05, 3.63) is 17.6 Å². The lowest BCUT2D eigenvalue weighted by Crippen LogP contribution is -2.43. The number of aromatic nitrogens is 2. The zero-order chi connectivity index (χ0) is 18.4. The molecule has 25 heavy (non-hydrogen) atoms. The van der Waals surface area contributed by atoms with Gasteiger partial charge in [-0.3, -0.25) is 4.79 Å². The number of likely N-dealkylation sites (tertiary alicyclic amines) is 1. The second-order valence-electron chi connectivity index (χ2n) is 5.86. The van der Waals surface area contributed by atoms with Crippen LogP contribution >= 0.6 is 0 Å². The Hall–Kier alpha value is -1.94. The molecular formula is C15H22F3N5O2. The van der Waals surface area contributed by atoms with Gasteiger partial charge in [0.25, 0.3) is 5.91 Å². The van der Waals surface area contributed by atoms with Gasteiger partial charge in [-0.1, -0.05) is 0 Å². The van der Waals surface area contributed by atoms with Crippen molar-refractivity contribution in [1.82, 2.24) is 14.9 Å². The summed E-state index contributed by atoms with van der Waals surface area (Å²) in [6.45, 7) is 1.69. The molecule has 0 spiro atoms. The number of carbonyl (C=O) groups excluding carboxylic acids is 1. The molecule has 2 heterocycles. The van der Waals surface area contributed by atoms with Crippen LogP contribution in [0.25, 0.3) is 0 Å². The van der Waals surface area contributed by atoms with Crippen LogP contribution in [-0.2, 0) is 10.9 Å². The van der Waals surface area contributed by atoms with Crippen LogP contribution in [0, 0.1) is 0 Å². The number of nitrogens with zero attached hydrogens (tertiary/aromatic N) is 3. The van der Waals surface area contributed by atoms with Crippen LogP contribution in [0.15, 0.2) is 6.20 Å². The van der Waals surface area contributed by atoms with Gasteiger partial charge in [-0.15, -0.1) is 0 Å². The first kappa shape index (κ1) is 19.4. The maximum Gasteiger partial charge on any atom is 0.451 e. The molecule has 1 aliphatic heterocycles. The summed E-state index contributed by atoms with van der Waals surface area (Å²) in [5.74, 6) is -1.79. The number of hydrogen-bond acceptors (Lipinski definition) is 6. The molecule has 1 amide bonds. The number of nitrogens with one attached hydrogen (secondary N) is 1. The van der Waals surface area contributed by atoms with Crippen molar-refractivity contribution in [2.75, 3.05) is 38.7 Å². The molecule has 3 N–H and O–H groups in total. The number of amides is 1. The fraction of sp³-hybridized carbons (Fsp3) is 0.667. The van der Waals surface area contributed by atoms with Gasteiger partial charge in [0, 0.05) is 45.6 Å². The Morgan fingerprint density at radius 1 is 1.44 bits per heavy atom. The third kappa shape index (κ3) is 5.27. The first-order valence-electron chi connectivity index (χ1n) is 8.05. The molecule has 1 aliphatic rings. The largest absolute Gasteiger partial charge is 0.451 e. The van der Waals surface area contributed by atoms with Gasteiger partial charge < -0.3 is 20.7 Å². The lowest BCUT2D eigenvalue weighted by atomic mass is 10.1. The summed E-state index contributed by atoms with van der Waals surface area (Å²) < 4.78 is 43.5. The highest BCUT2D eigenvalue weighted by molar-refractivity contribution is 5.98. The summed E-state index contributed by atoms with van der Waals surface area (Å²) in [5.41, 5.74) is 5.84. The maximum atomic E-state index is 12.9. The predicted octanol–water partition coefficient (Wildman–Crippen LogP) is 1.51. The van der Waals surface area contributed by atoms with E-state index in [-0.39, 0.29) is 17.4 Å². The summed E-state index contributed by atoms with van der Waals surface area (Å²) in [6.07, 6.45) is -1.87. The summed E-state index contributed by atoms with van der Waals surface area (Å²) in [4.78, 5) is 21.0. The number of piperidine rings is 1. The van der Waals surface area contributed by atoms with E-state index in [9.17, 15) is 18.0 Å². The summed E-state index contributed by atoms with van der Waals surface area (Å²) >= 11 is 0. The van der Waals surface area contributed by atoms with E-state index in [1.165, 1.54) is 7.11 Å². The zero-order valence-electron chi connectivity index (χ0n) is 14.0. The highest BCUT2D eigenvalue weighted by Gasteiger charge is 2.36. The third-order valence-corrected chi connectivity index (χ3v) is 3.92. The number of halogens is 3.